The van der Waals surface area contributed by atoms with Crippen LogP contribution in [-0.4, -0.2) is 9.78 Å². The first kappa shape index (κ1) is 14.7. The van der Waals surface area contributed by atoms with E-state index in [4.69, 9.17) is 5.73 Å². The molecule has 2 aromatic rings. The van der Waals surface area contributed by atoms with Gasteiger partial charge in [0.15, 0.2) is 0 Å². The van der Waals surface area contributed by atoms with Gasteiger partial charge in [0.2, 0.25) is 0 Å². The van der Waals surface area contributed by atoms with Crippen LogP contribution >= 0.6 is 31.9 Å². The van der Waals surface area contributed by atoms with Crippen LogP contribution in [0.1, 0.15) is 30.6 Å². The van der Waals surface area contributed by atoms with Crippen molar-refractivity contribution in [3.05, 3.63) is 50.4 Å². The molecule has 0 aliphatic rings. The molecule has 0 spiro atoms. The quantitative estimate of drug-likeness (QED) is 0.857. The maximum Gasteiger partial charge on any atom is 0.137 e. The molecule has 1 aromatic carbocycles. The van der Waals surface area contributed by atoms with Gasteiger partial charge in [0.05, 0.1) is 26.9 Å². The highest BCUT2D eigenvalue weighted by molar-refractivity contribution is 9.10. The number of hydrogen-bond acceptors (Lipinski definition) is 2. The number of benzene rings is 1. The van der Waals surface area contributed by atoms with E-state index in [0.717, 1.165) is 28.7 Å². The number of aromatic nitrogens is 2. The largest absolute Gasteiger partial charge is 0.319 e. The van der Waals surface area contributed by atoms with E-state index in [2.05, 4.69) is 43.9 Å². The third-order valence-electron chi connectivity index (χ3n) is 2.87. The van der Waals surface area contributed by atoms with E-state index in [1.165, 1.54) is 6.07 Å². The molecular formula is C13H14Br2FN3. The van der Waals surface area contributed by atoms with Gasteiger partial charge >= 0.3 is 0 Å². The average Bonchev–Trinajstić information content (AvgIpc) is 2.74. The molecule has 0 saturated carbocycles. The summed E-state index contributed by atoms with van der Waals surface area (Å²) in [5.41, 5.74) is 7.82. The van der Waals surface area contributed by atoms with Crippen molar-refractivity contribution < 1.29 is 4.39 Å². The van der Waals surface area contributed by atoms with Gasteiger partial charge in [0.1, 0.15) is 5.82 Å². The second-order valence-electron chi connectivity index (χ2n) is 4.25. The van der Waals surface area contributed by atoms with Gasteiger partial charge in [-0.2, -0.15) is 5.10 Å². The predicted octanol–water partition coefficient (Wildman–Crippen LogP) is 4.01. The van der Waals surface area contributed by atoms with Crippen LogP contribution in [0.3, 0.4) is 0 Å². The van der Waals surface area contributed by atoms with Crippen LogP contribution in [0.15, 0.2) is 33.3 Å². The Kier molecular flexibility index (Phi) is 4.76. The summed E-state index contributed by atoms with van der Waals surface area (Å²) in [6.07, 6.45) is 2.68. The summed E-state index contributed by atoms with van der Waals surface area (Å²) in [4.78, 5) is 0. The molecule has 1 atom stereocenters. The Balaban J connectivity index is 2.40. The molecule has 3 nitrogen and oxygen atoms in total. The Hall–Kier alpha value is -0.720. The molecule has 0 bridgehead atoms. The second kappa shape index (κ2) is 6.15. The summed E-state index contributed by atoms with van der Waals surface area (Å²) >= 11 is 6.59. The molecule has 6 heteroatoms. The molecule has 0 amide bonds. The molecular weight excluding hydrogens is 377 g/mol. The first-order valence-electron chi connectivity index (χ1n) is 5.96. The highest BCUT2D eigenvalue weighted by Crippen LogP contribution is 2.28. The van der Waals surface area contributed by atoms with Crippen LogP contribution in [-0.2, 0) is 6.54 Å². The zero-order chi connectivity index (χ0) is 14.0. The third-order valence-corrected chi connectivity index (χ3v) is 4.12. The van der Waals surface area contributed by atoms with Crippen LogP contribution < -0.4 is 5.73 Å². The zero-order valence-corrected chi connectivity index (χ0v) is 13.6. The molecule has 102 valence electrons. The van der Waals surface area contributed by atoms with E-state index >= 15 is 0 Å². The lowest BCUT2D eigenvalue weighted by molar-refractivity contribution is 0.556. The lowest BCUT2D eigenvalue weighted by Gasteiger charge is -2.15. The summed E-state index contributed by atoms with van der Waals surface area (Å²) in [5, 5.41) is 4.28. The normalized spacial score (nSPS) is 12.7. The van der Waals surface area contributed by atoms with Gasteiger partial charge in [-0.3, -0.25) is 4.68 Å². The smallest absolute Gasteiger partial charge is 0.137 e. The second-order valence-corrected chi connectivity index (χ2v) is 5.96. The van der Waals surface area contributed by atoms with Gasteiger partial charge in [0.25, 0.3) is 0 Å². The number of aryl methyl sites for hydroxylation is 1. The zero-order valence-electron chi connectivity index (χ0n) is 10.4. The van der Waals surface area contributed by atoms with Crippen molar-refractivity contribution >= 4 is 31.9 Å². The van der Waals surface area contributed by atoms with Crippen LogP contribution in [0.5, 0.6) is 0 Å². The molecule has 0 radical (unpaired) electrons. The summed E-state index contributed by atoms with van der Waals surface area (Å²) in [6, 6.07) is 4.52. The first-order valence-corrected chi connectivity index (χ1v) is 7.55. The van der Waals surface area contributed by atoms with Crippen molar-refractivity contribution in [3.63, 3.8) is 0 Å². The lowest BCUT2D eigenvalue weighted by atomic mass is 10.0. The van der Waals surface area contributed by atoms with Gasteiger partial charge in [0, 0.05) is 6.54 Å². The highest BCUT2D eigenvalue weighted by Gasteiger charge is 2.19. The highest BCUT2D eigenvalue weighted by atomic mass is 79.9. The van der Waals surface area contributed by atoms with Crippen molar-refractivity contribution in [3.8, 4) is 0 Å². The van der Waals surface area contributed by atoms with Crippen molar-refractivity contribution in [2.75, 3.05) is 0 Å². The molecule has 2 rings (SSSR count). The molecule has 0 aliphatic heterocycles. The van der Waals surface area contributed by atoms with Crippen molar-refractivity contribution in [2.45, 2.75) is 25.9 Å². The van der Waals surface area contributed by atoms with Gasteiger partial charge < -0.3 is 5.73 Å². The van der Waals surface area contributed by atoms with E-state index in [0.29, 0.717) is 4.47 Å². The Labute approximate surface area is 128 Å². The topological polar surface area (TPSA) is 43.8 Å². The molecule has 1 unspecified atom stereocenters. The molecule has 2 N–H and O–H groups in total. The average molecular weight is 391 g/mol. The molecule has 0 fully saturated rings. The number of nitrogens with two attached hydrogens (primary N) is 1. The van der Waals surface area contributed by atoms with E-state index in [-0.39, 0.29) is 5.82 Å². The number of nitrogens with zero attached hydrogens (tertiary/aromatic N) is 2. The minimum absolute atomic E-state index is 0.314. The molecule has 19 heavy (non-hydrogen) atoms. The summed E-state index contributed by atoms with van der Waals surface area (Å²) in [6.45, 7) is 2.86. The van der Waals surface area contributed by atoms with E-state index < -0.39 is 6.04 Å². The fourth-order valence-electron chi connectivity index (χ4n) is 1.93. The third kappa shape index (κ3) is 3.07. The van der Waals surface area contributed by atoms with E-state index in [9.17, 15) is 4.39 Å². The van der Waals surface area contributed by atoms with Crippen LogP contribution in [0.2, 0.25) is 0 Å². The van der Waals surface area contributed by atoms with Gasteiger partial charge in [-0.25, -0.2) is 4.39 Å². The Morgan fingerprint density at radius 3 is 2.74 bits per heavy atom. The lowest BCUT2D eigenvalue weighted by Crippen LogP contribution is -2.18. The van der Waals surface area contributed by atoms with Crippen LogP contribution in [0, 0.1) is 5.82 Å². The number of halogens is 3. The minimum Gasteiger partial charge on any atom is -0.319 e. The molecule has 1 heterocycles. The first-order chi connectivity index (χ1) is 9.04. The fraction of sp³-hybridized carbons (Fsp3) is 0.308. The summed E-state index contributed by atoms with van der Waals surface area (Å²) in [7, 11) is 0. The summed E-state index contributed by atoms with van der Waals surface area (Å²) < 4.78 is 16.7. The summed E-state index contributed by atoms with van der Waals surface area (Å²) in [5.74, 6) is -0.314. The Bertz CT molecular complexity index is 583. The Morgan fingerprint density at radius 1 is 1.37 bits per heavy atom. The van der Waals surface area contributed by atoms with Crippen molar-refractivity contribution in [1.82, 2.24) is 9.78 Å². The maximum absolute atomic E-state index is 13.6. The molecule has 0 aliphatic carbocycles. The minimum atomic E-state index is -0.411. The van der Waals surface area contributed by atoms with Crippen molar-refractivity contribution in [2.24, 2.45) is 5.73 Å². The van der Waals surface area contributed by atoms with Crippen LogP contribution in [0.25, 0.3) is 0 Å². The molecule has 1 aromatic heterocycles. The molecule has 0 saturated heterocycles. The van der Waals surface area contributed by atoms with E-state index in [1.807, 2.05) is 10.7 Å². The fourth-order valence-corrected chi connectivity index (χ4v) is 2.72. The SMILES string of the molecule is CCCn1ncc(Br)c1C(N)c1ccc(Br)c(F)c1. The Morgan fingerprint density at radius 2 is 2.11 bits per heavy atom. The monoisotopic (exact) mass is 389 g/mol. The van der Waals surface area contributed by atoms with Gasteiger partial charge in [-0.05, 0) is 56.0 Å². The van der Waals surface area contributed by atoms with Crippen molar-refractivity contribution in [1.29, 1.82) is 0 Å². The van der Waals surface area contributed by atoms with Gasteiger partial charge in [-0.15, -0.1) is 0 Å². The van der Waals surface area contributed by atoms with Gasteiger partial charge in [-0.1, -0.05) is 13.0 Å². The number of rotatable bonds is 4. The standard InChI is InChI=1S/C13H14Br2FN3/c1-2-5-19-13(10(15)7-18-19)12(17)8-3-4-9(14)11(16)6-8/h3-4,6-7,12H,2,5,17H2,1H3. The predicted molar refractivity (Wildman–Crippen MR) is 80.3 cm³/mol. The van der Waals surface area contributed by atoms with Crippen LogP contribution in [0.4, 0.5) is 4.39 Å². The number of hydrogen-bond donors (Lipinski definition) is 1. The van der Waals surface area contributed by atoms with E-state index in [1.54, 1.807) is 12.3 Å². The maximum atomic E-state index is 13.6.